The maximum absolute atomic E-state index is 11.6. The summed E-state index contributed by atoms with van der Waals surface area (Å²) in [6.45, 7) is 0. The summed E-state index contributed by atoms with van der Waals surface area (Å²) in [5, 5.41) is 9.50. The Bertz CT molecular complexity index is 200. The van der Waals surface area contributed by atoms with Crippen LogP contribution in [0, 0.1) is 5.41 Å². The van der Waals surface area contributed by atoms with Crippen molar-refractivity contribution in [1.82, 2.24) is 0 Å². The Kier molecular flexibility index (Phi) is 1.95. The molecular formula is C10H16O2. The normalized spacial score (nSPS) is 42.4. The van der Waals surface area contributed by atoms with E-state index in [0.717, 1.165) is 44.9 Å². The van der Waals surface area contributed by atoms with Gasteiger partial charge in [0, 0.05) is 11.8 Å². The highest BCUT2D eigenvalue weighted by Gasteiger charge is 2.44. The number of hydrogen-bond acceptors (Lipinski definition) is 2. The highest BCUT2D eigenvalue weighted by atomic mass is 16.3. The van der Waals surface area contributed by atoms with Crippen LogP contribution in [-0.4, -0.2) is 17.0 Å². The smallest absolute Gasteiger partial charge is 0.139 e. The second-order valence-corrected chi connectivity index (χ2v) is 4.31. The third kappa shape index (κ3) is 1.18. The zero-order valence-electron chi connectivity index (χ0n) is 7.38. The lowest BCUT2D eigenvalue weighted by Gasteiger charge is -2.34. The van der Waals surface area contributed by atoms with Crippen molar-refractivity contribution in [2.24, 2.45) is 5.41 Å². The zero-order valence-corrected chi connectivity index (χ0v) is 7.38. The summed E-state index contributed by atoms with van der Waals surface area (Å²) >= 11 is 0. The van der Waals surface area contributed by atoms with E-state index in [1.165, 1.54) is 0 Å². The summed E-state index contributed by atoms with van der Waals surface area (Å²) in [5.74, 6) is 0.418. The largest absolute Gasteiger partial charge is 0.393 e. The van der Waals surface area contributed by atoms with Crippen LogP contribution in [0.4, 0.5) is 0 Å². The average molecular weight is 168 g/mol. The van der Waals surface area contributed by atoms with Gasteiger partial charge >= 0.3 is 0 Å². The lowest BCUT2D eigenvalue weighted by Crippen LogP contribution is -2.34. The first-order chi connectivity index (χ1) is 5.73. The molecule has 0 saturated heterocycles. The monoisotopic (exact) mass is 168 g/mol. The van der Waals surface area contributed by atoms with Gasteiger partial charge in [-0.05, 0) is 38.5 Å². The maximum Gasteiger partial charge on any atom is 0.139 e. The molecule has 0 heterocycles. The molecule has 0 aromatic heterocycles. The van der Waals surface area contributed by atoms with E-state index in [-0.39, 0.29) is 11.5 Å². The number of carbonyl (C=O) groups is 1. The van der Waals surface area contributed by atoms with Gasteiger partial charge in [-0.3, -0.25) is 4.79 Å². The van der Waals surface area contributed by atoms with E-state index < -0.39 is 0 Å². The number of ketones is 1. The Balaban J connectivity index is 2.13. The quantitative estimate of drug-likeness (QED) is 0.597. The summed E-state index contributed by atoms with van der Waals surface area (Å²) < 4.78 is 0. The van der Waals surface area contributed by atoms with Gasteiger partial charge in [0.2, 0.25) is 0 Å². The van der Waals surface area contributed by atoms with Crippen LogP contribution < -0.4 is 0 Å². The SMILES string of the molecule is O=C1CCCC12CCCC(O)C2. The van der Waals surface area contributed by atoms with Crippen LogP contribution in [-0.2, 0) is 4.79 Å². The van der Waals surface area contributed by atoms with Crippen molar-refractivity contribution < 1.29 is 9.90 Å². The molecule has 1 spiro atoms. The Morgan fingerprint density at radius 3 is 2.67 bits per heavy atom. The minimum Gasteiger partial charge on any atom is -0.393 e. The second kappa shape index (κ2) is 2.84. The van der Waals surface area contributed by atoms with Crippen LogP contribution in [0.1, 0.15) is 44.9 Å². The predicted molar refractivity (Wildman–Crippen MR) is 45.8 cm³/mol. The van der Waals surface area contributed by atoms with Gasteiger partial charge in [-0.1, -0.05) is 0 Å². The molecule has 0 radical (unpaired) electrons. The van der Waals surface area contributed by atoms with Gasteiger partial charge in [-0.15, -0.1) is 0 Å². The van der Waals surface area contributed by atoms with Crippen LogP contribution in [0.2, 0.25) is 0 Å². The first-order valence-electron chi connectivity index (χ1n) is 4.94. The highest BCUT2D eigenvalue weighted by Crippen LogP contribution is 2.46. The van der Waals surface area contributed by atoms with E-state index in [1.54, 1.807) is 0 Å². The van der Waals surface area contributed by atoms with Crippen LogP contribution in [0.25, 0.3) is 0 Å². The molecule has 2 aliphatic carbocycles. The lowest BCUT2D eigenvalue weighted by atomic mass is 9.71. The molecule has 2 unspecified atom stereocenters. The molecule has 2 aliphatic rings. The Morgan fingerprint density at radius 2 is 2.08 bits per heavy atom. The highest BCUT2D eigenvalue weighted by molar-refractivity contribution is 5.86. The lowest BCUT2D eigenvalue weighted by molar-refractivity contribution is -0.129. The van der Waals surface area contributed by atoms with E-state index in [4.69, 9.17) is 0 Å². The fraction of sp³-hybridized carbons (Fsp3) is 0.900. The molecule has 68 valence electrons. The van der Waals surface area contributed by atoms with Gasteiger partial charge in [-0.2, -0.15) is 0 Å². The molecule has 2 heteroatoms. The van der Waals surface area contributed by atoms with Gasteiger partial charge in [-0.25, -0.2) is 0 Å². The molecule has 0 amide bonds. The fourth-order valence-electron chi connectivity index (χ4n) is 2.80. The molecule has 2 atom stereocenters. The van der Waals surface area contributed by atoms with E-state index in [0.29, 0.717) is 5.78 Å². The van der Waals surface area contributed by atoms with E-state index in [9.17, 15) is 9.90 Å². The molecule has 2 saturated carbocycles. The third-order valence-corrected chi connectivity index (χ3v) is 3.47. The van der Waals surface area contributed by atoms with Gasteiger partial charge in [0.15, 0.2) is 0 Å². The number of aliphatic hydroxyl groups is 1. The molecule has 0 aromatic rings. The molecule has 2 rings (SSSR count). The Labute approximate surface area is 73.0 Å². The van der Waals surface area contributed by atoms with Crippen molar-refractivity contribution in [3.8, 4) is 0 Å². The maximum atomic E-state index is 11.6. The molecular weight excluding hydrogens is 152 g/mol. The first kappa shape index (κ1) is 8.24. The molecule has 2 nitrogen and oxygen atoms in total. The molecule has 1 N–H and O–H groups in total. The number of Topliss-reactive ketones (excluding diaryl/α,β-unsaturated/α-hetero) is 1. The molecule has 0 aliphatic heterocycles. The average Bonchev–Trinajstić information content (AvgIpc) is 2.33. The number of rotatable bonds is 0. The molecule has 0 aromatic carbocycles. The third-order valence-electron chi connectivity index (χ3n) is 3.47. The van der Waals surface area contributed by atoms with Crippen molar-refractivity contribution in [2.45, 2.75) is 51.0 Å². The van der Waals surface area contributed by atoms with Crippen LogP contribution in [0.5, 0.6) is 0 Å². The van der Waals surface area contributed by atoms with Crippen LogP contribution >= 0.6 is 0 Å². The van der Waals surface area contributed by atoms with E-state index >= 15 is 0 Å². The Hall–Kier alpha value is -0.370. The van der Waals surface area contributed by atoms with Gasteiger partial charge in [0.1, 0.15) is 5.78 Å². The summed E-state index contributed by atoms with van der Waals surface area (Å²) in [7, 11) is 0. The molecule has 0 bridgehead atoms. The summed E-state index contributed by atoms with van der Waals surface area (Å²) in [6, 6.07) is 0. The van der Waals surface area contributed by atoms with Gasteiger partial charge < -0.3 is 5.11 Å². The fourth-order valence-corrected chi connectivity index (χ4v) is 2.80. The zero-order chi connectivity index (χ0) is 8.60. The summed E-state index contributed by atoms with van der Waals surface area (Å²) in [4.78, 5) is 11.6. The number of aliphatic hydroxyl groups excluding tert-OH is 1. The van der Waals surface area contributed by atoms with Crippen LogP contribution in [0.15, 0.2) is 0 Å². The van der Waals surface area contributed by atoms with Crippen molar-refractivity contribution in [1.29, 1.82) is 0 Å². The van der Waals surface area contributed by atoms with Crippen molar-refractivity contribution >= 4 is 5.78 Å². The minimum absolute atomic E-state index is 0.0856. The summed E-state index contributed by atoms with van der Waals surface area (Å²) in [6.07, 6.45) is 6.33. The van der Waals surface area contributed by atoms with Crippen molar-refractivity contribution in [3.05, 3.63) is 0 Å². The number of hydrogen-bond donors (Lipinski definition) is 1. The predicted octanol–water partition coefficient (Wildman–Crippen LogP) is 1.66. The first-order valence-corrected chi connectivity index (χ1v) is 4.94. The molecule has 2 fully saturated rings. The van der Waals surface area contributed by atoms with Gasteiger partial charge in [0.25, 0.3) is 0 Å². The van der Waals surface area contributed by atoms with Crippen LogP contribution in [0.3, 0.4) is 0 Å². The second-order valence-electron chi connectivity index (χ2n) is 4.31. The minimum atomic E-state index is -0.208. The Morgan fingerprint density at radius 1 is 1.33 bits per heavy atom. The summed E-state index contributed by atoms with van der Waals surface area (Å²) in [5.41, 5.74) is -0.0856. The van der Waals surface area contributed by atoms with Crippen molar-refractivity contribution in [3.63, 3.8) is 0 Å². The number of carbonyl (C=O) groups excluding carboxylic acids is 1. The topological polar surface area (TPSA) is 37.3 Å². The van der Waals surface area contributed by atoms with Gasteiger partial charge in [0.05, 0.1) is 6.10 Å². The standard InChI is InChI=1S/C10H16O2/c11-8-3-1-5-10(7-8)6-2-4-9(10)12/h8,11H,1-7H2. The van der Waals surface area contributed by atoms with Crippen molar-refractivity contribution in [2.75, 3.05) is 0 Å². The van der Waals surface area contributed by atoms with E-state index in [2.05, 4.69) is 0 Å². The van der Waals surface area contributed by atoms with E-state index in [1.807, 2.05) is 0 Å². The molecule has 12 heavy (non-hydrogen) atoms.